The quantitative estimate of drug-likeness (QED) is 0.308. The molecule has 0 aliphatic carbocycles. The smallest absolute Gasteiger partial charge is 0.414 e. The summed E-state index contributed by atoms with van der Waals surface area (Å²) in [7, 11) is 0. The Kier molecular flexibility index (Phi) is 8.37. The molecule has 0 spiro atoms. The molecule has 0 bridgehead atoms. The second-order valence-corrected chi connectivity index (χ2v) is 9.11. The Labute approximate surface area is 220 Å². The number of nitrogens with zero attached hydrogens (tertiary/aromatic N) is 3. The van der Waals surface area contributed by atoms with Gasteiger partial charge in [-0.05, 0) is 50.2 Å². The summed E-state index contributed by atoms with van der Waals surface area (Å²) in [6, 6.07) is 14.7. The van der Waals surface area contributed by atoms with E-state index < -0.39 is 24.2 Å². The van der Waals surface area contributed by atoms with E-state index in [9.17, 15) is 19.2 Å². The van der Waals surface area contributed by atoms with Gasteiger partial charge in [0, 0.05) is 36.4 Å². The summed E-state index contributed by atoms with van der Waals surface area (Å²) in [5.41, 5.74) is 1.56. The van der Waals surface area contributed by atoms with Crippen molar-refractivity contribution < 1.29 is 28.7 Å². The third-order valence-corrected chi connectivity index (χ3v) is 6.51. The van der Waals surface area contributed by atoms with Gasteiger partial charge in [0.25, 0.3) is 5.91 Å². The Hall–Kier alpha value is -4.25. The molecule has 0 saturated carbocycles. The topological polar surface area (TPSA) is 132 Å². The molecule has 2 aliphatic heterocycles. The maximum atomic E-state index is 12.6. The van der Waals surface area contributed by atoms with Gasteiger partial charge < -0.3 is 19.7 Å². The minimum absolute atomic E-state index is 0.0478. The van der Waals surface area contributed by atoms with Crippen molar-refractivity contribution in [2.75, 3.05) is 44.2 Å². The van der Waals surface area contributed by atoms with Crippen LogP contribution in [0.25, 0.3) is 0 Å². The molecule has 2 aromatic carbocycles. The number of amidine groups is 1. The van der Waals surface area contributed by atoms with Gasteiger partial charge in [-0.3, -0.25) is 24.8 Å². The molecule has 2 aromatic rings. The van der Waals surface area contributed by atoms with Crippen LogP contribution in [0.15, 0.2) is 54.6 Å². The second-order valence-electron chi connectivity index (χ2n) is 9.11. The van der Waals surface area contributed by atoms with Crippen LogP contribution in [0.4, 0.5) is 10.5 Å². The lowest BCUT2D eigenvalue weighted by molar-refractivity contribution is -0.156. The van der Waals surface area contributed by atoms with E-state index in [2.05, 4.69) is 5.32 Å². The summed E-state index contributed by atoms with van der Waals surface area (Å²) >= 11 is 0. The number of carbonyl (C=O) groups is 4. The van der Waals surface area contributed by atoms with E-state index in [-0.39, 0.29) is 30.8 Å². The van der Waals surface area contributed by atoms with Gasteiger partial charge in [-0.1, -0.05) is 18.2 Å². The van der Waals surface area contributed by atoms with Crippen LogP contribution in [0.5, 0.6) is 0 Å². The molecule has 4 rings (SSSR count). The van der Waals surface area contributed by atoms with Gasteiger partial charge in [-0.2, -0.15) is 0 Å². The highest BCUT2D eigenvalue weighted by atomic mass is 16.6. The number of benzene rings is 2. The Balaban J connectivity index is 1.29. The van der Waals surface area contributed by atoms with Crippen molar-refractivity contribution in [3.05, 3.63) is 65.7 Å². The van der Waals surface area contributed by atoms with Gasteiger partial charge in [0.2, 0.25) is 5.91 Å². The summed E-state index contributed by atoms with van der Waals surface area (Å²) in [5.74, 6) is -1.02. The minimum Gasteiger partial charge on any atom is -0.464 e. The number of rotatable bonds is 8. The summed E-state index contributed by atoms with van der Waals surface area (Å²) in [6.45, 7) is 5.42. The number of anilines is 1. The molecule has 3 amide bonds. The first-order chi connectivity index (χ1) is 18.3. The van der Waals surface area contributed by atoms with Crippen molar-refractivity contribution >= 4 is 35.4 Å². The van der Waals surface area contributed by atoms with E-state index in [4.69, 9.17) is 14.9 Å². The fourth-order valence-electron chi connectivity index (χ4n) is 4.46. The van der Waals surface area contributed by atoms with Gasteiger partial charge >= 0.3 is 12.1 Å². The summed E-state index contributed by atoms with van der Waals surface area (Å²) in [6.07, 6.45) is -0.913. The van der Waals surface area contributed by atoms with Gasteiger partial charge in [0.1, 0.15) is 18.0 Å². The van der Waals surface area contributed by atoms with Crippen LogP contribution in [0.3, 0.4) is 0 Å². The van der Waals surface area contributed by atoms with E-state index >= 15 is 0 Å². The molecule has 2 fully saturated rings. The van der Waals surface area contributed by atoms with E-state index in [0.717, 1.165) is 0 Å². The van der Waals surface area contributed by atoms with Gasteiger partial charge in [0.15, 0.2) is 0 Å². The molecule has 2 aliphatic rings. The van der Waals surface area contributed by atoms with Crippen LogP contribution in [0.2, 0.25) is 0 Å². The van der Waals surface area contributed by atoms with Crippen LogP contribution in [-0.4, -0.2) is 91.0 Å². The molecule has 2 saturated heterocycles. The zero-order valence-corrected chi connectivity index (χ0v) is 21.4. The molecule has 0 radical (unpaired) electrons. The Morgan fingerprint density at radius 3 is 2.45 bits per heavy atom. The van der Waals surface area contributed by atoms with E-state index in [1.54, 1.807) is 62.4 Å². The largest absolute Gasteiger partial charge is 0.464 e. The molecule has 200 valence electrons. The molecule has 2 atom stereocenters. The molecular weight excluding hydrogens is 490 g/mol. The molecule has 2 unspecified atom stereocenters. The predicted molar refractivity (Wildman–Crippen MR) is 139 cm³/mol. The van der Waals surface area contributed by atoms with Crippen LogP contribution in [-0.2, 0) is 19.1 Å². The molecule has 2 heterocycles. The highest BCUT2D eigenvalue weighted by Crippen LogP contribution is 2.23. The van der Waals surface area contributed by atoms with Crippen molar-refractivity contribution in [3.8, 4) is 0 Å². The molecule has 38 heavy (non-hydrogen) atoms. The molecule has 11 heteroatoms. The average Bonchev–Trinajstić information content (AvgIpc) is 3.28. The molecule has 2 N–H and O–H groups in total. The molecule has 11 nitrogen and oxygen atoms in total. The lowest BCUT2D eigenvalue weighted by Gasteiger charge is -2.37. The van der Waals surface area contributed by atoms with E-state index in [1.165, 1.54) is 9.80 Å². The number of nitrogens with one attached hydrogen (secondary N) is 2. The summed E-state index contributed by atoms with van der Waals surface area (Å²) in [5, 5.41) is 10.8. The zero-order valence-electron chi connectivity index (χ0n) is 21.4. The Morgan fingerprint density at radius 1 is 1.08 bits per heavy atom. The zero-order chi connectivity index (χ0) is 27.2. The number of piperazine rings is 1. The number of carbonyl (C=O) groups excluding carboxylic acids is 4. The minimum atomic E-state index is -0.638. The van der Waals surface area contributed by atoms with E-state index in [1.807, 2.05) is 11.0 Å². The fourth-order valence-corrected chi connectivity index (χ4v) is 4.46. The number of hydrogen-bond donors (Lipinski definition) is 2. The number of hydrogen-bond acceptors (Lipinski definition) is 8. The first-order valence-corrected chi connectivity index (χ1v) is 12.5. The first-order valence-electron chi connectivity index (χ1n) is 12.5. The van der Waals surface area contributed by atoms with Gasteiger partial charge in [-0.15, -0.1) is 0 Å². The van der Waals surface area contributed by atoms with Crippen molar-refractivity contribution in [2.45, 2.75) is 26.0 Å². The number of ether oxygens (including phenoxy) is 2. The monoisotopic (exact) mass is 521 g/mol. The highest BCUT2D eigenvalue weighted by Gasteiger charge is 2.37. The molecule has 0 aromatic heterocycles. The lowest BCUT2D eigenvalue weighted by Crippen LogP contribution is -2.56. The maximum Gasteiger partial charge on any atom is 0.414 e. The van der Waals surface area contributed by atoms with Crippen molar-refractivity contribution in [1.29, 1.82) is 5.41 Å². The second kappa shape index (κ2) is 11.9. The van der Waals surface area contributed by atoms with Crippen LogP contribution in [0.1, 0.15) is 29.8 Å². The Morgan fingerprint density at radius 2 is 1.79 bits per heavy atom. The number of esters is 1. The van der Waals surface area contributed by atoms with Gasteiger partial charge in [0.05, 0.1) is 19.7 Å². The lowest BCUT2D eigenvalue weighted by atomic mass is 10.1. The summed E-state index contributed by atoms with van der Waals surface area (Å²) in [4.78, 5) is 54.4. The van der Waals surface area contributed by atoms with Crippen LogP contribution < -0.4 is 10.2 Å². The number of amides is 3. The van der Waals surface area contributed by atoms with E-state index in [0.29, 0.717) is 43.0 Å². The highest BCUT2D eigenvalue weighted by molar-refractivity contribution is 6.11. The predicted octanol–water partition coefficient (Wildman–Crippen LogP) is 1.86. The fraction of sp³-hybridized carbons (Fsp3) is 0.370. The Bertz CT molecular complexity index is 1200. The standard InChI is InChI=1S/C27H31N5O6/c1-3-37-26(35)18(2)31-14-13-30(17-23(31)33)15-22-16-32(27(36)38-22)21-11-9-19(10-12-21)24(28)29-25(34)20-7-5-4-6-8-20/h4-12,18,22H,3,13-17H2,1-2H3,(H2,28,29,34). The first kappa shape index (κ1) is 26.8. The van der Waals surface area contributed by atoms with Crippen LogP contribution in [0, 0.1) is 5.41 Å². The van der Waals surface area contributed by atoms with Crippen molar-refractivity contribution in [2.24, 2.45) is 0 Å². The van der Waals surface area contributed by atoms with Crippen molar-refractivity contribution in [1.82, 2.24) is 15.1 Å². The van der Waals surface area contributed by atoms with Crippen LogP contribution >= 0.6 is 0 Å². The van der Waals surface area contributed by atoms with Gasteiger partial charge in [-0.25, -0.2) is 9.59 Å². The third-order valence-electron chi connectivity index (χ3n) is 6.51. The van der Waals surface area contributed by atoms with Crippen molar-refractivity contribution in [3.63, 3.8) is 0 Å². The normalized spacial score (nSPS) is 18.6. The molecular formula is C27H31N5O6. The maximum absolute atomic E-state index is 12.6. The number of cyclic esters (lactones) is 1. The third kappa shape index (κ3) is 6.17. The average molecular weight is 522 g/mol. The SMILES string of the molecule is CCOC(=O)C(C)N1CCN(CC2CN(c3ccc(C(=N)NC(=O)c4ccccc4)cc3)C(=O)O2)CC1=O. The summed E-state index contributed by atoms with van der Waals surface area (Å²) < 4.78 is 10.6.